The first-order valence-electron chi connectivity index (χ1n) is 12.1. The van der Waals surface area contributed by atoms with E-state index in [1.54, 1.807) is 0 Å². The minimum Gasteiger partial charge on any atom is -0.338 e. The zero-order chi connectivity index (χ0) is 22.9. The van der Waals surface area contributed by atoms with Gasteiger partial charge in [0.15, 0.2) is 0 Å². The molecule has 0 radical (unpaired) electrons. The van der Waals surface area contributed by atoms with Gasteiger partial charge in [-0.3, -0.25) is 14.5 Å². The normalized spacial score (nSPS) is 23.3. The van der Waals surface area contributed by atoms with Crippen molar-refractivity contribution in [2.75, 3.05) is 32.7 Å². The molecule has 2 amide bonds. The maximum Gasteiger partial charge on any atom is 0.254 e. The Morgan fingerprint density at radius 1 is 0.970 bits per heavy atom. The summed E-state index contributed by atoms with van der Waals surface area (Å²) in [4.78, 5) is 32.1. The van der Waals surface area contributed by atoms with Gasteiger partial charge in [0.25, 0.3) is 5.91 Å². The Morgan fingerprint density at radius 3 is 2.33 bits per heavy atom. The van der Waals surface area contributed by atoms with Crippen molar-refractivity contribution < 1.29 is 9.59 Å². The molecule has 3 fully saturated rings. The van der Waals surface area contributed by atoms with Crippen molar-refractivity contribution in [3.05, 3.63) is 69.2 Å². The number of hydrogen-bond acceptors (Lipinski definition) is 3. The van der Waals surface area contributed by atoms with Crippen LogP contribution in [-0.4, -0.2) is 59.2 Å². The number of hydrogen-bond donors (Lipinski definition) is 0. The third-order valence-corrected chi connectivity index (χ3v) is 7.87. The first-order valence-corrected chi connectivity index (χ1v) is 12.9. The molecule has 3 saturated heterocycles. The maximum absolute atomic E-state index is 13.5. The van der Waals surface area contributed by atoms with Crippen molar-refractivity contribution in [3.8, 4) is 0 Å². The van der Waals surface area contributed by atoms with Crippen LogP contribution in [0.4, 0.5) is 0 Å². The molecule has 1 unspecified atom stereocenters. The highest BCUT2D eigenvalue weighted by atomic mass is 79.9. The van der Waals surface area contributed by atoms with Crippen LogP contribution in [-0.2, 0) is 17.9 Å². The summed E-state index contributed by atoms with van der Waals surface area (Å²) in [5, 5.41) is 0. The van der Waals surface area contributed by atoms with Crippen molar-refractivity contribution >= 4 is 27.7 Å². The van der Waals surface area contributed by atoms with Crippen molar-refractivity contribution in [2.24, 2.45) is 11.8 Å². The zero-order valence-electron chi connectivity index (χ0n) is 19.3. The summed E-state index contributed by atoms with van der Waals surface area (Å²) in [7, 11) is 0. The second-order valence-electron chi connectivity index (χ2n) is 10.1. The summed E-state index contributed by atoms with van der Waals surface area (Å²) in [6, 6.07) is 14.7. The predicted octanol–water partition coefficient (Wildman–Crippen LogP) is 4.47. The van der Waals surface area contributed by atoms with Crippen molar-refractivity contribution in [1.82, 2.24) is 14.7 Å². The molecule has 0 spiro atoms. The second-order valence-corrected chi connectivity index (χ2v) is 11.0. The van der Waals surface area contributed by atoms with E-state index in [-0.39, 0.29) is 11.8 Å². The lowest BCUT2D eigenvalue weighted by Crippen LogP contribution is -2.53. The fourth-order valence-corrected chi connectivity index (χ4v) is 6.05. The molecule has 3 heterocycles. The minimum atomic E-state index is 0.151. The molecule has 5 nitrogen and oxygen atoms in total. The van der Waals surface area contributed by atoms with Gasteiger partial charge >= 0.3 is 0 Å². The number of amides is 2. The van der Waals surface area contributed by atoms with Gasteiger partial charge < -0.3 is 9.80 Å². The summed E-state index contributed by atoms with van der Waals surface area (Å²) in [5.41, 5.74) is 4.21. The van der Waals surface area contributed by atoms with Crippen LogP contribution in [0.1, 0.15) is 46.3 Å². The van der Waals surface area contributed by atoms with Gasteiger partial charge in [0.1, 0.15) is 0 Å². The lowest BCUT2D eigenvalue weighted by Gasteiger charge is -2.46. The van der Waals surface area contributed by atoms with Gasteiger partial charge in [-0.15, -0.1) is 0 Å². The fraction of sp³-hybridized carbons (Fsp3) is 0.481. The number of aryl methyl sites for hydroxylation is 1. The molecule has 3 aliphatic rings. The van der Waals surface area contributed by atoms with E-state index < -0.39 is 0 Å². The number of fused-ring (bicyclic) bond motifs is 2. The minimum absolute atomic E-state index is 0.151. The number of likely N-dealkylation sites (tertiary alicyclic amines) is 3. The Labute approximate surface area is 204 Å². The molecule has 33 heavy (non-hydrogen) atoms. The van der Waals surface area contributed by atoms with Gasteiger partial charge in [0.05, 0.1) is 0 Å². The molecule has 2 atom stereocenters. The van der Waals surface area contributed by atoms with Crippen molar-refractivity contribution in [3.63, 3.8) is 0 Å². The summed E-state index contributed by atoms with van der Waals surface area (Å²) in [6.45, 7) is 8.19. The molecule has 0 N–H and O–H groups in total. The monoisotopic (exact) mass is 509 g/mol. The summed E-state index contributed by atoms with van der Waals surface area (Å²) in [5.74, 6) is 1.43. The average Bonchev–Trinajstić information content (AvgIpc) is 3.20. The molecule has 0 aliphatic carbocycles. The quantitative estimate of drug-likeness (QED) is 0.596. The molecule has 0 saturated carbocycles. The number of halogens is 1. The zero-order valence-corrected chi connectivity index (χ0v) is 20.9. The van der Waals surface area contributed by atoms with Crippen LogP contribution in [0.5, 0.6) is 0 Å². The Kier molecular flexibility index (Phi) is 6.57. The number of rotatable bonds is 5. The third-order valence-electron chi connectivity index (χ3n) is 7.34. The molecular formula is C27H32BrN3O2. The highest BCUT2D eigenvalue weighted by Crippen LogP contribution is 2.31. The Bertz CT molecular complexity index is 1020. The molecule has 5 rings (SSSR count). The molecule has 174 valence electrons. The Balaban J connectivity index is 1.24. The Hall–Kier alpha value is -2.18. The summed E-state index contributed by atoms with van der Waals surface area (Å²) in [6.07, 6.45) is 2.80. The van der Waals surface area contributed by atoms with Crippen LogP contribution < -0.4 is 0 Å². The molecule has 3 aliphatic heterocycles. The average molecular weight is 510 g/mol. The van der Waals surface area contributed by atoms with Crippen LogP contribution in [0.3, 0.4) is 0 Å². The van der Waals surface area contributed by atoms with Gasteiger partial charge in [-0.25, -0.2) is 0 Å². The van der Waals surface area contributed by atoms with E-state index in [0.717, 1.165) is 66.9 Å². The van der Waals surface area contributed by atoms with Gasteiger partial charge in [0.2, 0.25) is 5.91 Å². The number of nitrogens with zero attached hydrogens (tertiary/aromatic N) is 3. The highest BCUT2D eigenvalue weighted by Gasteiger charge is 2.36. The van der Waals surface area contributed by atoms with Crippen molar-refractivity contribution in [1.29, 1.82) is 0 Å². The first kappa shape index (κ1) is 22.6. The van der Waals surface area contributed by atoms with E-state index in [1.165, 1.54) is 12.0 Å². The number of carbonyl (C=O) groups is 2. The highest BCUT2D eigenvalue weighted by molar-refractivity contribution is 9.10. The topological polar surface area (TPSA) is 43.9 Å². The van der Waals surface area contributed by atoms with E-state index in [9.17, 15) is 9.59 Å². The van der Waals surface area contributed by atoms with E-state index in [4.69, 9.17) is 0 Å². The molecular weight excluding hydrogens is 478 g/mol. The number of benzene rings is 2. The summed E-state index contributed by atoms with van der Waals surface area (Å²) < 4.78 is 1.11. The number of carbonyl (C=O) groups excluding carboxylic acids is 2. The van der Waals surface area contributed by atoms with Gasteiger partial charge in [-0.2, -0.15) is 0 Å². The van der Waals surface area contributed by atoms with Crippen LogP contribution >= 0.6 is 15.9 Å². The van der Waals surface area contributed by atoms with Crippen LogP contribution in [0, 0.1) is 18.8 Å². The Morgan fingerprint density at radius 2 is 1.67 bits per heavy atom. The molecule has 2 aromatic carbocycles. The standard InChI is InChI=1S/C27H32BrN3O2/c1-19-4-5-21(16-30-10-2-3-26(30)32)12-25(19)27(33)31-17-22-11-23(18-31)15-29(14-22)13-20-6-8-24(28)9-7-20/h4-9,12,22-23H,2-3,10-11,13-18H2,1H3/t22-,23?/m0/s1. The maximum atomic E-state index is 13.5. The van der Waals surface area contributed by atoms with Crippen LogP contribution in [0.2, 0.25) is 0 Å². The lowest BCUT2D eigenvalue weighted by molar-refractivity contribution is -0.128. The van der Waals surface area contributed by atoms with Crippen LogP contribution in [0.15, 0.2) is 46.9 Å². The van der Waals surface area contributed by atoms with E-state index in [0.29, 0.717) is 24.8 Å². The van der Waals surface area contributed by atoms with E-state index in [2.05, 4.69) is 56.1 Å². The lowest BCUT2D eigenvalue weighted by atomic mass is 9.84. The van der Waals surface area contributed by atoms with Crippen LogP contribution in [0.25, 0.3) is 0 Å². The smallest absolute Gasteiger partial charge is 0.254 e. The van der Waals surface area contributed by atoms with Gasteiger partial charge in [0, 0.05) is 62.3 Å². The van der Waals surface area contributed by atoms with E-state index in [1.807, 2.05) is 24.0 Å². The molecule has 6 heteroatoms. The molecule has 2 aromatic rings. The van der Waals surface area contributed by atoms with Gasteiger partial charge in [-0.05, 0) is 66.5 Å². The SMILES string of the molecule is Cc1ccc(CN2CCCC2=O)cc1C(=O)N1CC2C[C@@H](CN(Cc3ccc(Br)cc3)C2)C1. The third kappa shape index (κ3) is 5.17. The molecule has 2 bridgehead atoms. The van der Waals surface area contributed by atoms with E-state index >= 15 is 0 Å². The number of piperidine rings is 2. The van der Waals surface area contributed by atoms with Crippen molar-refractivity contribution in [2.45, 2.75) is 39.3 Å². The first-order chi connectivity index (χ1) is 15.9. The fourth-order valence-electron chi connectivity index (χ4n) is 5.79. The van der Waals surface area contributed by atoms with Gasteiger partial charge in [-0.1, -0.05) is 40.2 Å². The summed E-state index contributed by atoms with van der Waals surface area (Å²) >= 11 is 3.51. The largest absolute Gasteiger partial charge is 0.338 e. The predicted molar refractivity (Wildman–Crippen MR) is 133 cm³/mol. The second kappa shape index (κ2) is 9.59. The molecule has 0 aromatic heterocycles.